The lowest BCUT2D eigenvalue weighted by Gasteiger charge is -2.32. The molecule has 0 aromatic heterocycles. The van der Waals surface area contributed by atoms with Gasteiger partial charge in [-0.1, -0.05) is 37.1 Å². The lowest BCUT2D eigenvalue weighted by molar-refractivity contribution is -0.171. The summed E-state index contributed by atoms with van der Waals surface area (Å²) in [5.74, 6) is -2.31. The van der Waals surface area contributed by atoms with E-state index in [1.54, 1.807) is 29.2 Å². The molecule has 0 spiro atoms. The number of alkyl halides is 3. The summed E-state index contributed by atoms with van der Waals surface area (Å²) >= 11 is 0. The minimum atomic E-state index is -4.26. The number of rotatable bonds is 7. The molecule has 1 aliphatic heterocycles. The number of hydrogen-bond donors (Lipinski definition) is 1. The van der Waals surface area contributed by atoms with Gasteiger partial charge in [-0.15, -0.1) is 0 Å². The number of halogens is 5. The first kappa shape index (κ1) is 24.6. The highest BCUT2D eigenvalue weighted by atomic mass is 19.4. The molecule has 2 unspecified atom stereocenters. The molecule has 1 N–H and O–H groups in total. The first-order valence-electron chi connectivity index (χ1n) is 11.8. The second-order valence-corrected chi connectivity index (χ2v) is 9.51. The Morgan fingerprint density at radius 2 is 1.59 bits per heavy atom. The molecule has 8 heteroatoms. The second kappa shape index (κ2) is 10.0. The lowest BCUT2D eigenvalue weighted by Crippen LogP contribution is -2.49. The fourth-order valence-corrected chi connectivity index (χ4v) is 5.38. The van der Waals surface area contributed by atoms with Gasteiger partial charge in [0.25, 0.3) is 0 Å². The molecule has 1 heterocycles. The van der Waals surface area contributed by atoms with Crippen molar-refractivity contribution in [2.45, 2.75) is 56.2 Å². The molecule has 2 aliphatic rings. The topological polar surface area (TPSA) is 32.3 Å². The van der Waals surface area contributed by atoms with E-state index in [9.17, 15) is 26.7 Å². The highest BCUT2D eigenvalue weighted by Gasteiger charge is 2.46. The molecule has 2 fully saturated rings. The number of likely N-dealkylation sites (tertiary alicyclic amines) is 1. The molecule has 1 saturated carbocycles. The van der Waals surface area contributed by atoms with Gasteiger partial charge in [-0.3, -0.25) is 9.69 Å². The van der Waals surface area contributed by atoms with Crippen LogP contribution in [0.1, 0.15) is 43.2 Å². The van der Waals surface area contributed by atoms with Crippen molar-refractivity contribution >= 4 is 5.91 Å². The van der Waals surface area contributed by atoms with Gasteiger partial charge in [-0.05, 0) is 67.6 Å². The van der Waals surface area contributed by atoms with Crippen molar-refractivity contribution in [3.8, 4) is 0 Å². The fourth-order valence-electron chi connectivity index (χ4n) is 5.38. The highest BCUT2D eigenvalue weighted by Crippen LogP contribution is 2.41. The van der Waals surface area contributed by atoms with Gasteiger partial charge in [0, 0.05) is 19.1 Å². The maximum Gasteiger partial charge on any atom is 0.393 e. The van der Waals surface area contributed by atoms with Gasteiger partial charge in [-0.2, -0.15) is 13.2 Å². The predicted octanol–water partition coefficient (Wildman–Crippen LogP) is 5.39. The Bertz CT molecular complexity index is 968. The average Bonchev–Trinajstić information content (AvgIpc) is 3.49. The molecule has 1 aliphatic carbocycles. The molecule has 4 rings (SSSR count). The molecule has 2 aromatic carbocycles. The van der Waals surface area contributed by atoms with Crippen molar-refractivity contribution < 1.29 is 26.7 Å². The molecule has 1 amide bonds. The monoisotopic (exact) mass is 480 g/mol. The lowest BCUT2D eigenvalue weighted by atomic mass is 9.78. The molecule has 2 aromatic rings. The van der Waals surface area contributed by atoms with Gasteiger partial charge in [0.15, 0.2) is 0 Å². The van der Waals surface area contributed by atoms with Crippen molar-refractivity contribution in [1.82, 2.24) is 10.2 Å². The Morgan fingerprint density at radius 3 is 2.15 bits per heavy atom. The minimum absolute atomic E-state index is 0.0247. The van der Waals surface area contributed by atoms with E-state index in [0.29, 0.717) is 19.3 Å². The first-order valence-corrected chi connectivity index (χ1v) is 11.8. The zero-order chi connectivity index (χ0) is 24.3. The molecule has 3 nitrogen and oxygen atoms in total. The van der Waals surface area contributed by atoms with Crippen LogP contribution in [0.3, 0.4) is 0 Å². The standard InChI is InChI=1S/C26H29F5N2O/c27-21-7-3-18(4-8-21)15-23(33-14-11-20(17-33)26(29,30)31)16-32-24(34)25(12-1-2-13-25)19-5-9-22(28)10-6-19/h3-10,20,23H,1-2,11-17H2,(H,32,34). The summed E-state index contributed by atoms with van der Waals surface area (Å²) in [4.78, 5) is 15.2. The SMILES string of the molecule is O=C(NCC(Cc1ccc(F)cc1)N1CCC(C(F)(F)F)C1)C1(c2ccc(F)cc2)CCCC1. The van der Waals surface area contributed by atoms with Crippen LogP contribution in [-0.4, -0.2) is 42.7 Å². The number of amides is 1. The van der Waals surface area contributed by atoms with E-state index < -0.39 is 17.5 Å². The summed E-state index contributed by atoms with van der Waals surface area (Å²) in [6.45, 7) is 0.354. The molecule has 0 bridgehead atoms. The van der Waals surface area contributed by atoms with Gasteiger partial charge < -0.3 is 5.32 Å². The highest BCUT2D eigenvalue weighted by molar-refractivity contribution is 5.88. The summed E-state index contributed by atoms with van der Waals surface area (Å²) in [7, 11) is 0. The zero-order valence-corrected chi connectivity index (χ0v) is 18.9. The molecule has 2 atom stereocenters. The number of carbonyl (C=O) groups excluding carboxylic acids is 1. The molecule has 34 heavy (non-hydrogen) atoms. The Hall–Kier alpha value is -2.48. The maximum atomic E-state index is 13.5. The van der Waals surface area contributed by atoms with Crippen molar-refractivity contribution in [2.75, 3.05) is 19.6 Å². The van der Waals surface area contributed by atoms with E-state index in [1.807, 2.05) is 0 Å². The quantitative estimate of drug-likeness (QED) is 0.539. The molecular weight excluding hydrogens is 451 g/mol. The van der Waals surface area contributed by atoms with Crippen LogP contribution in [0.15, 0.2) is 48.5 Å². The van der Waals surface area contributed by atoms with E-state index in [2.05, 4.69) is 5.32 Å². The average molecular weight is 481 g/mol. The Morgan fingerprint density at radius 1 is 1.00 bits per heavy atom. The summed E-state index contributed by atoms with van der Waals surface area (Å²) in [6, 6.07) is 11.5. The van der Waals surface area contributed by atoms with Gasteiger partial charge in [0.05, 0.1) is 11.3 Å². The van der Waals surface area contributed by atoms with E-state index in [4.69, 9.17) is 0 Å². The third-order valence-corrected chi connectivity index (χ3v) is 7.37. The summed E-state index contributed by atoms with van der Waals surface area (Å²) in [5, 5.41) is 3.01. The van der Waals surface area contributed by atoms with Gasteiger partial charge >= 0.3 is 6.18 Å². The molecular formula is C26H29F5N2O. The van der Waals surface area contributed by atoms with Crippen molar-refractivity contribution in [3.63, 3.8) is 0 Å². The largest absolute Gasteiger partial charge is 0.393 e. The smallest absolute Gasteiger partial charge is 0.354 e. The van der Waals surface area contributed by atoms with Crippen LogP contribution in [0, 0.1) is 17.6 Å². The summed E-state index contributed by atoms with van der Waals surface area (Å²) in [5.41, 5.74) is 0.802. The summed E-state index contributed by atoms with van der Waals surface area (Å²) < 4.78 is 66.7. The number of nitrogens with zero attached hydrogens (tertiary/aromatic N) is 1. The van der Waals surface area contributed by atoms with E-state index in [0.717, 1.165) is 24.0 Å². The molecule has 184 valence electrons. The van der Waals surface area contributed by atoms with Gasteiger partial charge in [0.1, 0.15) is 11.6 Å². The Kier molecular flexibility index (Phi) is 7.26. The van der Waals surface area contributed by atoms with Crippen molar-refractivity contribution in [2.24, 2.45) is 5.92 Å². The van der Waals surface area contributed by atoms with Crippen LogP contribution in [0.4, 0.5) is 22.0 Å². The molecule has 1 saturated heterocycles. The molecule has 0 radical (unpaired) electrons. The minimum Gasteiger partial charge on any atom is -0.354 e. The van der Waals surface area contributed by atoms with Crippen LogP contribution in [0.2, 0.25) is 0 Å². The van der Waals surface area contributed by atoms with Crippen molar-refractivity contribution in [3.05, 3.63) is 71.3 Å². The maximum absolute atomic E-state index is 13.5. The van der Waals surface area contributed by atoms with Crippen molar-refractivity contribution in [1.29, 1.82) is 0 Å². The third-order valence-electron chi connectivity index (χ3n) is 7.37. The Balaban J connectivity index is 1.50. The van der Waals surface area contributed by atoms with E-state index in [1.165, 1.54) is 24.3 Å². The summed E-state index contributed by atoms with van der Waals surface area (Å²) in [6.07, 6.45) is -0.785. The normalized spacial score (nSPS) is 21.5. The number of carbonyl (C=O) groups is 1. The number of hydrogen-bond acceptors (Lipinski definition) is 2. The third kappa shape index (κ3) is 5.43. The Labute approximate surface area is 196 Å². The van der Waals surface area contributed by atoms with Gasteiger partial charge in [-0.25, -0.2) is 8.78 Å². The number of nitrogens with one attached hydrogen (secondary N) is 1. The van der Waals surface area contributed by atoms with Crippen LogP contribution >= 0.6 is 0 Å². The van der Waals surface area contributed by atoms with Crippen LogP contribution in [0.5, 0.6) is 0 Å². The predicted molar refractivity (Wildman–Crippen MR) is 119 cm³/mol. The van der Waals surface area contributed by atoms with Crippen LogP contribution in [0.25, 0.3) is 0 Å². The van der Waals surface area contributed by atoms with Crippen LogP contribution < -0.4 is 5.32 Å². The number of benzene rings is 2. The zero-order valence-electron chi connectivity index (χ0n) is 18.9. The fraction of sp³-hybridized carbons (Fsp3) is 0.500. The van der Waals surface area contributed by atoms with Gasteiger partial charge in [0.2, 0.25) is 5.91 Å². The second-order valence-electron chi connectivity index (χ2n) is 9.51. The van der Waals surface area contributed by atoms with E-state index >= 15 is 0 Å². The first-order chi connectivity index (χ1) is 16.2. The van der Waals surface area contributed by atoms with Crippen LogP contribution in [-0.2, 0) is 16.6 Å². The van der Waals surface area contributed by atoms with E-state index in [-0.39, 0.29) is 49.6 Å².